The molecule has 2 aromatic rings. The van der Waals surface area contributed by atoms with E-state index in [1.165, 1.54) is 19.3 Å². The second-order valence-corrected chi connectivity index (χ2v) is 7.75. The van der Waals surface area contributed by atoms with Crippen molar-refractivity contribution in [3.05, 3.63) is 29.1 Å². The number of piperazine rings is 1. The molecule has 8 heteroatoms. The van der Waals surface area contributed by atoms with Crippen LogP contribution in [0.5, 0.6) is 0 Å². The van der Waals surface area contributed by atoms with Gasteiger partial charge < -0.3 is 14.7 Å². The van der Waals surface area contributed by atoms with Crippen LogP contribution in [0.4, 0.5) is 11.6 Å². The number of carbonyl (C=O) groups excluding carboxylic acids is 1. The maximum absolute atomic E-state index is 12.9. The topological polar surface area (TPSA) is 70.4 Å². The van der Waals surface area contributed by atoms with Crippen LogP contribution in [0.3, 0.4) is 0 Å². The number of hydrogen-bond acceptors (Lipinski definition) is 6. The molecule has 0 aliphatic carbocycles. The quantitative estimate of drug-likeness (QED) is 0.805. The Kier molecular flexibility index (Phi) is 5.19. The van der Waals surface area contributed by atoms with Crippen LogP contribution in [0.15, 0.2) is 12.1 Å². The lowest BCUT2D eigenvalue weighted by Crippen LogP contribution is -2.49. The Balaban J connectivity index is 1.38. The maximum Gasteiger partial charge on any atom is 0.257 e. The summed E-state index contributed by atoms with van der Waals surface area (Å²) in [4.78, 5) is 19.4. The van der Waals surface area contributed by atoms with E-state index in [4.69, 9.17) is 0 Å². The van der Waals surface area contributed by atoms with E-state index in [0.29, 0.717) is 13.1 Å². The van der Waals surface area contributed by atoms with E-state index in [2.05, 4.69) is 37.2 Å². The van der Waals surface area contributed by atoms with Gasteiger partial charge in [0.1, 0.15) is 0 Å². The smallest absolute Gasteiger partial charge is 0.257 e. The molecule has 0 unspecified atom stereocenters. The molecule has 150 valence electrons. The molecule has 2 aromatic heterocycles. The lowest BCUT2D eigenvalue weighted by atomic mass is 10.1. The Bertz CT molecular complexity index is 831. The van der Waals surface area contributed by atoms with Gasteiger partial charge in [0.2, 0.25) is 0 Å². The van der Waals surface area contributed by atoms with Gasteiger partial charge in [0.15, 0.2) is 11.6 Å². The van der Waals surface area contributed by atoms with Gasteiger partial charge in [-0.1, -0.05) is 0 Å². The molecule has 0 N–H and O–H groups in total. The normalized spacial score (nSPS) is 17.9. The predicted octanol–water partition coefficient (Wildman–Crippen LogP) is 1.78. The van der Waals surface area contributed by atoms with E-state index in [-0.39, 0.29) is 5.91 Å². The van der Waals surface area contributed by atoms with Gasteiger partial charge in [-0.15, -0.1) is 10.2 Å². The summed E-state index contributed by atoms with van der Waals surface area (Å²) >= 11 is 0. The first kappa shape index (κ1) is 18.7. The second kappa shape index (κ2) is 7.77. The minimum Gasteiger partial charge on any atom is -0.355 e. The zero-order valence-corrected chi connectivity index (χ0v) is 17.1. The fraction of sp³-hybridized carbons (Fsp3) is 0.600. The standard InChI is InChI=1S/C20H29N7O/c1-15-19(16(2)24(3)23-15)20(28)27-13-11-26(12-14-27)18-8-7-17(21-22-18)25-9-5-4-6-10-25/h7-8H,4-6,9-14H2,1-3H3. The lowest BCUT2D eigenvalue weighted by Gasteiger charge is -2.35. The molecule has 0 atom stereocenters. The first-order chi connectivity index (χ1) is 13.5. The van der Waals surface area contributed by atoms with Crippen molar-refractivity contribution in [1.82, 2.24) is 24.9 Å². The van der Waals surface area contributed by atoms with Crippen LogP contribution in [0.25, 0.3) is 0 Å². The zero-order chi connectivity index (χ0) is 19.7. The van der Waals surface area contributed by atoms with Gasteiger partial charge >= 0.3 is 0 Å². The highest BCUT2D eigenvalue weighted by Crippen LogP contribution is 2.21. The number of carbonyl (C=O) groups is 1. The lowest BCUT2D eigenvalue weighted by molar-refractivity contribution is 0.0745. The Morgan fingerprint density at radius 2 is 1.43 bits per heavy atom. The molecule has 1 amide bonds. The Labute approximate surface area is 166 Å². The largest absolute Gasteiger partial charge is 0.355 e. The maximum atomic E-state index is 12.9. The molecule has 2 aliphatic heterocycles. The third kappa shape index (κ3) is 3.55. The number of amides is 1. The molecule has 2 aliphatic rings. The molecule has 2 fully saturated rings. The highest BCUT2D eigenvalue weighted by molar-refractivity contribution is 5.96. The summed E-state index contributed by atoms with van der Waals surface area (Å²) < 4.78 is 1.78. The number of piperidine rings is 1. The summed E-state index contributed by atoms with van der Waals surface area (Å²) in [7, 11) is 1.88. The Morgan fingerprint density at radius 3 is 1.93 bits per heavy atom. The van der Waals surface area contributed by atoms with Gasteiger partial charge in [-0.3, -0.25) is 9.48 Å². The number of anilines is 2. The van der Waals surface area contributed by atoms with Gasteiger partial charge in [-0.05, 0) is 45.2 Å². The average molecular weight is 384 g/mol. The molecule has 0 saturated carbocycles. The van der Waals surface area contributed by atoms with E-state index < -0.39 is 0 Å². The van der Waals surface area contributed by atoms with E-state index >= 15 is 0 Å². The van der Waals surface area contributed by atoms with Crippen molar-refractivity contribution in [3.63, 3.8) is 0 Å². The van der Waals surface area contributed by atoms with E-state index in [0.717, 1.165) is 54.8 Å². The number of nitrogens with zero attached hydrogens (tertiary/aromatic N) is 7. The second-order valence-electron chi connectivity index (χ2n) is 7.75. The summed E-state index contributed by atoms with van der Waals surface area (Å²) in [6, 6.07) is 4.14. The van der Waals surface area contributed by atoms with Crippen molar-refractivity contribution < 1.29 is 4.79 Å². The van der Waals surface area contributed by atoms with Crippen LogP contribution >= 0.6 is 0 Å². The van der Waals surface area contributed by atoms with Crippen molar-refractivity contribution in [1.29, 1.82) is 0 Å². The predicted molar refractivity (Wildman–Crippen MR) is 109 cm³/mol. The highest BCUT2D eigenvalue weighted by atomic mass is 16.2. The van der Waals surface area contributed by atoms with Crippen LogP contribution in [-0.2, 0) is 7.05 Å². The van der Waals surface area contributed by atoms with Crippen molar-refractivity contribution in [3.8, 4) is 0 Å². The zero-order valence-electron chi connectivity index (χ0n) is 17.1. The first-order valence-electron chi connectivity index (χ1n) is 10.2. The average Bonchev–Trinajstić information content (AvgIpc) is 3.00. The van der Waals surface area contributed by atoms with E-state index in [1.54, 1.807) is 4.68 Å². The SMILES string of the molecule is Cc1nn(C)c(C)c1C(=O)N1CCN(c2ccc(N3CCCCC3)nn2)CC1. The Morgan fingerprint density at radius 1 is 0.857 bits per heavy atom. The van der Waals surface area contributed by atoms with Gasteiger partial charge in [0.05, 0.1) is 11.3 Å². The van der Waals surface area contributed by atoms with Crippen molar-refractivity contribution >= 4 is 17.5 Å². The van der Waals surface area contributed by atoms with Crippen LogP contribution < -0.4 is 9.80 Å². The molecule has 8 nitrogen and oxygen atoms in total. The van der Waals surface area contributed by atoms with E-state index in [9.17, 15) is 4.79 Å². The Hall–Kier alpha value is -2.64. The van der Waals surface area contributed by atoms with Crippen molar-refractivity contribution in [2.75, 3.05) is 49.1 Å². The van der Waals surface area contributed by atoms with Crippen molar-refractivity contribution in [2.45, 2.75) is 33.1 Å². The summed E-state index contributed by atoms with van der Waals surface area (Å²) in [5.41, 5.74) is 2.46. The van der Waals surface area contributed by atoms with E-state index in [1.807, 2.05) is 25.8 Å². The summed E-state index contributed by atoms with van der Waals surface area (Å²) in [5.74, 6) is 1.94. The fourth-order valence-electron chi connectivity index (χ4n) is 4.16. The van der Waals surface area contributed by atoms with Crippen LogP contribution in [0.1, 0.15) is 41.0 Å². The molecular formula is C20H29N7O. The molecule has 4 heterocycles. The van der Waals surface area contributed by atoms with Crippen molar-refractivity contribution in [2.24, 2.45) is 7.05 Å². The highest BCUT2D eigenvalue weighted by Gasteiger charge is 2.27. The minimum atomic E-state index is 0.0780. The third-order valence-electron chi connectivity index (χ3n) is 5.93. The number of aryl methyl sites for hydroxylation is 2. The van der Waals surface area contributed by atoms with Crippen LogP contribution in [0.2, 0.25) is 0 Å². The molecule has 4 rings (SSSR count). The molecule has 28 heavy (non-hydrogen) atoms. The first-order valence-corrected chi connectivity index (χ1v) is 10.2. The van der Waals surface area contributed by atoms with Crippen LogP contribution in [-0.4, -0.2) is 70.1 Å². The van der Waals surface area contributed by atoms with Crippen LogP contribution in [0, 0.1) is 13.8 Å². The van der Waals surface area contributed by atoms with Gasteiger partial charge in [-0.2, -0.15) is 5.10 Å². The summed E-state index contributed by atoms with van der Waals surface area (Å²) in [6.45, 7) is 8.89. The summed E-state index contributed by atoms with van der Waals surface area (Å²) in [6.07, 6.45) is 3.77. The molecular weight excluding hydrogens is 354 g/mol. The molecule has 0 bridgehead atoms. The molecule has 0 radical (unpaired) electrons. The molecule has 0 aromatic carbocycles. The number of aromatic nitrogens is 4. The van der Waals surface area contributed by atoms with Gasteiger partial charge in [0, 0.05) is 52.0 Å². The van der Waals surface area contributed by atoms with Gasteiger partial charge in [-0.25, -0.2) is 0 Å². The fourth-order valence-corrected chi connectivity index (χ4v) is 4.16. The third-order valence-corrected chi connectivity index (χ3v) is 5.93. The minimum absolute atomic E-state index is 0.0780. The molecule has 2 saturated heterocycles. The monoisotopic (exact) mass is 383 g/mol. The summed E-state index contributed by atoms with van der Waals surface area (Å²) in [5, 5.41) is 13.3. The number of hydrogen-bond donors (Lipinski definition) is 0. The van der Waals surface area contributed by atoms with Gasteiger partial charge in [0.25, 0.3) is 5.91 Å². The molecule has 0 spiro atoms. The number of rotatable bonds is 3.